The molecular weight excluding hydrogens is 265 g/mol. The van der Waals surface area contributed by atoms with E-state index in [2.05, 4.69) is 30.1 Å². The monoisotopic (exact) mass is 291 g/mol. The molecule has 1 N–H and O–H groups in total. The summed E-state index contributed by atoms with van der Waals surface area (Å²) in [6.45, 7) is 7.01. The molecule has 116 valence electrons. The highest BCUT2D eigenvalue weighted by atomic mass is 19.1. The fraction of sp³-hybridized carbons (Fsp3) is 0.588. The Morgan fingerprint density at radius 1 is 1.33 bits per heavy atom. The summed E-state index contributed by atoms with van der Waals surface area (Å²) in [4.78, 5) is 2.09. The van der Waals surface area contributed by atoms with E-state index < -0.39 is 5.54 Å². The summed E-state index contributed by atoms with van der Waals surface area (Å²) in [7, 11) is 1.99. The predicted molar refractivity (Wildman–Crippen MR) is 85.8 cm³/mol. The Bertz CT molecular complexity index is 464. The van der Waals surface area contributed by atoms with Gasteiger partial charge in [0, 0.05) is 25.3 Å². The van der Waals surface area contributed by atoms with Crippen LogP contribution in [0.1, 0.15) is 40.0 Å². The third kappa shape index (κ3) is 5.35. The molecule has 0 spiro atoms. The average molecular weight is 291 g/mol. The molecule has 1 aromatic rings. The maximum Gasteiger partial charge on any atom is 0.123 e. The zero-order chi connectivity index (χ0) is 15.9. The molecule has 21 heavy (non-hydrogen) atoms. The summed E-state index contributed by atoms with van der Waals surface area (Å²) in [6.07, 6.45) is 2.51. The van der Waals surface area contributed by atoms with Gasteiger partial charge >= 0.3 is 0 Å². The lowest BCUT2D eigenvalue weighted by atomic mass is 9.91. The van der Waals surface area contributed by atoms with Gasteiger partial charge in [0.05, 0.1) is 6.07 Å². The van der Waals surface area contributed by atoms with E-state index in [1.54, 1.807) is 12.1 Å². The molecule has 0 radical (unpaired) electrons. The second-order valence-electron chi connectivity index (χ2n) is 5.85. The molecule has 0 heterocycles. The molecule has 0 aromatic heterocycles. The van der Waals surface area contributed by atoms with Crippen molar-refractivity contribution in [1.29, 1.82) is 5.26 Å². The van der Waals surface area contributed by atoms with Gasteiger partial charge in [0.2, 0.25) is 0 Å². The van der Waals surface area contributed by atoms with Gasteiger partial charge in [-0.15, -0.1) is 0 Å². The standard InChI is InChI=1S/C17H26FN3/c1-5-17(13-19,20-14(2)3)11-6-12-21(4)16-9-7-15(18)8-10-16/h7-10,14,20H,5-6,11-12H2,1-4H3. The molecule has 0 fully saturated rings. The van der Waals surface area contributed by atoms with Crippen LogP contribution in [0.15, 0.2) is 24.3 Å². The molecule has 0 saturated heterocycles. The lowest BCUT2D eigenvalue weighted by Gasteiger charge is -2.30. The largest absolute Gasteiger partial charge is 0.375 e. The zero-order valence-electron chi connectivity index (χ0n) is 13.5. The molecule has 1 unspecified atom stereocenters. The van der Waals surface area contributed by atoms with E-state index in [1.165, 1.54) is 12.1 Å². The fourth-order valence-corrected chi connectivity index (χ4v) is 2.51. The van der Waals surface area contributed by atoms with Crippen molar-refractivity contribution < 1.29 is 4.39 Å². The summed E-state index contributed by atoms with van der Waals surface area (Å²) < 4.78 is 12.9. The van der Waals surface area contributed by atoms with Crippen LogP contribution in [0.4, 0.5) is 10.1 Å². The molecule has 0 aliphatic rings. The quantitative estimate of drug-likeness (QED) is 0.793. The molecule has 0 amide bonds. The van der Waals surface area contributed by atoms with Crippen molar-refractivity contribution in [1.82, 2.24) is 5.32 Å². The van der Waals surface area contributed by atoms with Gasteiger partial charge in [0.25, 0.3) is 0 Å². The van der Waals surface area contributed by atoms with Crippen LogP contribution in [0.3, 0.4) is 0 Å². The number of anilines is 1. The molecule has 0 saturated carbocycles. The van der Waals surface area contributed by atoms with Gasteiger partial charge < -0.3 is 4.90 Å². The van der Waals surface area contributed by atoms with Crippen molar-refractivity contribution in [2.24, 2.45) is 0 Å². The molecule has 1 aromatic carbocycles. The SMILES string of the molecule is CCC(C#N)(CCCN(C)c1ccc(F)cc1)NC(C)C. The smallest absolute Gasteiger partial charge is 0.123 e. The number of rotatable bonds is 8. The Hall–Kier alpha value is -1.60. The van der Waals surface area contributed by atoms with E-state index in [1.807, 2.05) is 14.0 Å². The maximum atomic E-state index is 12.9. The molecule has 4 heteroatoms. The molecule has 0 bridgehead atoms. The Morgan fingerprint density at radius 3 is 2.43 bits per heavy atom. The summed E-state index contributed by atoms with van der Waals surface area (Å²) in [5.74, 6) is -0.220. The minimum absolute atomic E-state index is 0.220. The third-order valence-electron chi connectivity index (χ3n) is 3.75. The molecule has 0 aliphatic carbocycles. The van der Waals surface area contributed by atoms with E-state index >= 15 is 0 Å². The molecule has 3 nitrogen and oxygen atoms in total. The van der Waals surface area contributed by atoms with E-state index in [-0.39, 0.29) is 5.82 Å². The summed E-state index contributed by atoms with van der Waals surface area (Å²) in [6, 6.07) is 9.22. The number of nitriles is 1. The van der Waals surface area contributed by atoms with Gasteiger partial charge in [-0.05, 0) is 57.4 Å². The number of hydrogen-bond donors (Lipinski definition) is 1. The van der Waals surface area contributed by atoms with Crippen LogP contribution in [-0.4, -0.2) is 25.2 Å². The van der Waals surface area contributed by atoms with Crippen molar-refractivity contribution in [3.05, 3.63) is 30.1 Å². The second-order valence-corrected chi connectivity index (χ2v) is 5.85. The van der Waals surface area contributed by atoms with E-state index in [0.29, 0.717) is 6.04 Å². The highest BCUT2D eigenvalue weighted by Gasteiger charge is 2.27. The van der Waals surface area contributed by atoms with Crippen molar-refractivity contribution >= 4 is 5.69 Å². The van der Waals surface area contributed by atoms with Crippen LogP contribution in [0.2, 0.25) is 0 Å². The number of benzene rings is 1. The van der Waals surface area contributed by atoms with Gasteiger partial charge in [-0.1, -0.05) is 6.92 Å². The van der Waals surface area contributed by atoms with Gasteiger partial charge in [0.1, 0.15) is 11.4 Å². The molecular formula is C17H26FN3. The second kappa shape index (κ2) is 7.99. The first kappa shape index (κ1) is 17.5. The van der Waals surface area contributed by atoms with Crippen LogP contribution in [0.25, 0.3) is 0 Å². The first-order chi connectivity index (χ1) is 9.92. The summed E-state index contributed by atoms with van der Waals surface area (Å²) >= 11 is 0. The molecule has 1 atom stereocenters. The first-order valence-corrected chi connectivity index (χ1v) is 7.58. The number of hydrogen-bond acceptors (Lipinski definition) is 3. The normalized spacial score (nSPS) is 13.8. The van der Waals surface area contributed by atoms with Crippen LogP contribution in [-0.2, 0) is 0 Å². The highest BCUT2D eigenvalue weighted by molar-refractivity contribution is 5.45. The number of nitrogens with one attached hydrogen (secondary N) is 1. The summed E-state index contributed by atoms with van der Waals surface area (Å²) in [5.41, 5.74) is 0.546. The number of nitrogens with zero attached hydrogens (tertiary/aromatic N) is 2. The lowest BCUT2D eigenvalue weighted by Crippen LogP contribution is -2.47. The first-order valence-electron chi connectivity index (χ1n) is 7.58. The van der Waals surface area contributed by atoms with E-state index in [4.69, 9.17) is 0 Å². The van der Waals surface area contributed by atoms with Crippen LogP contribution < -0.4 is 10.2 Å². The maximum absolute atomic E-state index is 12.9. The van der Waals surface area contributed by atoms with Crippen molar-refractivity contribution in [2.75, 3.05) is 18.5 Å². The lowest BCUT2D eigenvalue weighted by molar-refractivity contribution is 0.337. The topological polar surface area (TPSA) is 39.1 Å². The predicted octanol–water partition coefficient (Wildman–Crippen LogP) is 3.71. The Morgan fingerprint density at radius 2 is 1.95 bits per heavy atom. The molecule has 0 aliphatic heterocycles. The van der Waals surface area contributed by atoms with Gasteiger partial charge in [-0.2, -0.15) is 5.26 Å². The zero-order valence-corrected chi connectivity index (χ0v) is 13.5. The minimum Gasteiger partial charge on any atom is -0.375 e. The summed E-state index contributed by atoms with van der Waals surface area (Å²) in [5, 5.41) is 12.9. The van der Waals surface area contributed by atoms with Crippen LogP contribution in [0.5, 0.6) is 0 Å². The minimum atomic E-state index is -0.447. The van der Waals surface area contributed by atoms with E-state index in [0.717, 1.165) is 31.5 Å². The van der Waals surface area contributed by atoms with Crippen molar-refractivity contribution in [2.45, 2.75) is 51.6 Å². The third-order valence-corrected chi connectivity index (χ3v) is 3.75. The van der Waals surface area contributed by atoms with E-state index in [9.17, 15) is 9.65 Å². The Labute approximate surface area is 127 Å². The Balaban J connectivity index is 2.54. The van der Waals surface area contributed by atoms with Crippen molar-refractivity contribution in [3.63, 3.8) is 0 Å². The molecule has 1 rings (SSSR count). The average Bonchev–Trinajstić information content (AvgIpc) is 2.46. The fourth-order valence-electron chi connectivity index (χ4n) is 2.51. The van der Waals surface area contributed by atoms with Crippen LogP contribution in [0, 0.1) is 17.1 Å². The van der Waals surface area contributed by atoms with Crippen molar-refractivity contribution in [3.8, 4) is 6.07 Å². The number of halogens is 1. The van der Waals surface area contributed by atoms with Crippen LogP contribution >= 0.6 is 0 Å². The van der Waals surface area contributed by atoms with Gasteiger partial charge in [0.15, 0.2) is 0 Å². The van der Waals surface area contributed by atoms with Gasteiger partial charge in [-0.3, -0.25) is 5.32 Å². The van der Waals surface area contributed by atoms with Gasteiger partial charge in [-0.25, -0.2) is 4.39 Å². The highest BCUT2D eigenvalue weighted by Crippen LogP contribution is 2.19. The Kier molecular flexibility index (Phi) is 6.64.